The Kier molecular flexibility index (Phi) is 6.80. The van der Waals surface area contributed by atoms with Crippen LogP contribution in [0.2, 0.25) is 0 Å². The Hall–Kier alpha value is -3.13. The highest BCUT2D eigenvalue weighted by Crippen LogP contribution is 2.16. The highest BCUT2D eigenvalue weighted by molar-refractivity contribution is 7.99. The minimum absolute atomic E-state index is 0.0334. The van der Waals surface area contributed by atoms with E-state index in [1.54, 1.807) is 0 Å². The van der Waals surface area contributed by atoms with Crippen molar-refractivity contribution in [1.29, 1.82) is 0 Å². The van der Waals surface area contributed by atoms with Crippen LogP contribution in [0.25, 0.3) is 0 Å². The monoisotopic (exact) mass is 394 g/mol. The van der Waals surface area contributed by atoms with Crippen molar-refractivity contribution < 1.29 is 4.79 Å². The fourth-order valence-corrected chi connectivity index (χ4v) is 3.11. The quantitative estimate of drug-likeness (QED) is 0.539. The summed E-state index contributed by atoms with van der Waals surface area (Å²) in [6.45, 7) is 2.54. The van der Waals surface area contributed by atoms with Crippen molar-refractivity contribution in [3.8, 4) is 0 Å². The molecule has 0 aliphatic heterocycles. The Morgan fingerprint density at radius 2 is 1.79 bits per heavy atom. The number of carbonyl (C=O) groups is 1. The summed E-state index contributed by atoms with van der Waals surface area (Å²) < 4.78 is 0. The largest absolute Gasteiger partial charge is 0.368 e. The molecule has 0 radical (unpaired) electrons. The number of benzene rings is 2. The average Bonchev–Trinajstić information content (AvgIpc) is 2.69. The standard InChI is InChI=1S/C20H22N6OS/c1-14-7-9-16(10-8-14)23-20-25-17(24-19(21)26-20)12-28-13-18(27)22-11-15-5-3-2-4-6-15/h2-10H,11-13H2,1H3,(H,22,27)(H3,21,23,24,25,26). The molecule has 0 saturated carbocycles. The van der Waals surface area contributed by atoms with Crippen LogP contribution >= 0.6 is 11.8 Å². The number of carbonyl (C=O) groups excluding carboxylic acids is 1. The number of nitrogen functional groups attached to an aromatic ring is 1. The van der Waals surface area contributed by atoms with Gasteiger partial charge < -0.3 is 16.4 Å². The molecule has 3 aromatic rings. The average molecular weight is 395 g/mol. The molecule has 2 aromatic carbocycles. The molecule has 0 unspecified atom stereocenters. The summed E-state index contributed by atoms with van der Waals surface area (Å²) >= 11 is 1.43. The van der Waals surface area contributed by atoms with E-state index in [9.17, 15) is 4.79 Å². The highest BCUT2D eigenvalue weighted by Gasteiger charge is 2.07. The summed E-state index contributed by atoms with van der Waals surface area (Å²) in [6, 6.07) is 17.7. The number of thioether (sulfide) groups is 1. The van der Waals surface area contributed by atoms with E-state index in [1.165, 1.54) is 17.3 Å². The summed E-state index contributed by atoms with van der Waals surface area (Å²) in [7, 11) is 0. The van der Waals surface area contributed by atoms with Gasteiger partial charge in [0.15, 0.2) is 0 Å². The first-order valence-corrected chi connectivity index (χ1v) is 9.96. The van der Waals surface area contributed by atoms with E-state index in [1.807, 2.05) is 61.5 Å². The fraction of sp³-hybridized carbons (Fsp3) is 0.200. The first-order valence-electron chi connectivity index (χ1n) is 8.81. The van der Waals surface area contributed by atoms with Crippen molar-refractivity contribution >= 4 is 35.3 Å². The Morgan fingerprint density at radius 1 is 1.04 bits per heavy atom. The summed E-state index contributed by atoms with van der Waals surface area (Å²) in [6.07, 6.45) is 0. The molecule has 28 heavy (non-hydrogen) atoms. The molecular weight excluding hydrogens is 372 g/mol. The van der Waals surface area contributed by atoms with Crippen LogP contribution in [-0.2, 0) is 17.1 Å². The zero-order chi connectivity index (χ0) is 19.8. The lowest BCUT2D eigenvalue weighted by atomic mass is 10.2. The molecular formula is C20H22N6OS. The number of aromatic nitrogens is 3. The van der Waals surface area contributed by atoms with Gasteiger partial charge in [-0.05, 0) is 24.6 Å². The van der Waals surface area contributed by atoms with E-state index in [0.717, 1.165) is 11.3 Å². The lowest BCUT2D eigenvalue weighted by Crippen LogP contribution is -2.24. The van der Waals surface area contributed by atoms with Crippen LogP contribution < -0.4 is 16.4 Å². The minimum atomic E-state index is -0.0334. The van der Waals surface area contributed by atoms with E-state index < -0.39 is 0 Å². The van der Waals surface area contributed by atoms with E-state index in [-0.39, 0.29) is 11.9 Å². The van der Waals surface area contributed by atoms with Crippen molar-refractivity contribution in [3.05, 3.63) is 71.5 Å². The lowest BCUT2D eigenvalue weighted by Gasteiger charge is -2.08. The molecule has 3 rings (SSSR count). The van der Waals surface area contributed by atoms with Gasteiger partial charge >= 0.3 is 0 Å². The Morgan fingerprint density at radius 3 is 2.54 bits per heavy atom. The van der Waals surface area contributed by atoms with Gasteiger partial charge in [0, 0.05) is 12.2 Å². The number of hydrogen-bond donors (Lipinski definition) is 3. The van der Waals surface area contributed by atoms with Gasteiger partial charge in [0.25, 0.3) is 0 Å². The van der Waals surface area contributed by atoms with Crippen LogP contribution in [0.15, 0.2) is 54.6 Å². The van der Waals surface area contributed by atoms with Crippen LogP contribution in [0.4, 0.5) is 17.6 Å². The number of rotatable bonds is 8. The fourth-order valence-electron chi connectivity index (χ4n) is 2.41. The zero-order valence-corrected chi connectivity index (χ0v) is 16.4. The predicted molar refractivity (Wildman–Crippen MR) is 113 cm³/mol. The first-order chi connectivity index (χ1) is 13.6. The Labute approximate surface area is 168 Å². The summed E-state index contributed by atoms with van der Waals surface area (Å²) in [4.78, 5) is 24.6. The van der Waals surface area contributed by atoms with Gasteiger partial charge in [-0.25, -0.2) is 0 Å². The van der Waals surface area contributed by atoms with Crippen molar-refractivity contribution in [2.75, 3.05) is 16.8 Å². The van der Waals surface area contributed by atoms with Crippen molar-refractivity contribution in [2.45, 2.75) is 19.2 Å². The Bertz CT molecular complexity index is 918. The first kappa shape index (κ1) is 19.6. The van der Waals surface area contributed by atoms with Crippen LogP contribution in [0, 0.1) is 6.92 Å². The molecule has 0 aliphatic carbocycles. The highest BCUT2D eigenvalue weighted by atomic mass is 32.2. The van der Waals surface area contributed by atoms with Gasteiger partial charge in [0.1, 0.15) is 5.82 Å². The van der Waals surface area contributed by atoms with Crippen LogP contribution in [0.3, 0.4) is 0 Å². The molecule has 4 N–H and O–H groups in total. The summed E-state index contributed by atoms with van der Waals surface area (Å²) in [5.74, 6) is 1.82. The summed E-state index contributed by atoms with van der Waals surface area (Å²) in [5, 5.41) is 6.01. The van der Waals surface area contributed by atoms with Crippen molar-refractivity contribution in [1.82, 2.24) is 20.3 Å². The van der Waals surface area contributed by atoms with E-state index in [2.05, 4.69) is 25.6 Å². The van der Waals surface area contributed by atoms with E-state index in [0.29, 0.717) is 29.8 Å². The third-order valence-corrected chi connectivity index (χ3v) is 4.73. The predicted octanol–water partition coefficient (Wildman–Crippen LogP) is 3.06. The van der Waals surface area contributed by atoms with Crippen LogP contribution in [0.5, 0.6) is 0 Å². The van der Waals surface area contributed by atoms with Crippen molar-refractivity contribution in [2.24, 2.45) is 0 Å². The molecule has 0 aliphatic rings. The van der Waals surface area contributed by atoms with Crippen LogP contribution in [-0.4, -0.2) is 26.6 Å². The second-order valence-electron chi connectivity index (χ2n) is 6.18. The number of nitrogens with two attached hydrogens (primary N) is 1. The molecule has 8 heteroatoms. The molecule has 0 fully saturated rings. The van der Waals surface area contributed by atoms with Crippen molar-refractivity contribution in [3.63, 3.8) is 0 Å². The number of aryl methyl sites for hydroxylation is 1. The van der Waals surface area contributed by atoms with E-state index in [4.69, 9.17) is 5.73 Å². The molecule has 0 spiro atoms. The van der Waals surface area contributed by atoms with Gasteiger partial charge in [-0.1, -0.05) is 48.0 Å². The smallest absolute Gasteiger partial charge is 0.232 e. The Balaban J connectivity index is 1.49. The van der Waals surface area contributed by atoms with Gasteiger partial charge in [-0.3, -0.25) is 4.79 Å². The lowest BCUT2D eigenvalue weighted by molar-refractivity contribution is -0.118. The second kappa shape index (κ2) is 9.70. The normalized spacial score (nSPS) is 10.5. The third-order valence-electron chi connectivity index (χ3n) is 3.80. The van der Waals surface area contributed by atoms with E-state index >= 15 is 0 Å². The van der Waals surface area contributed by atoms with Gasteiger partial charge in [-0.15, -0.1) is 11.8 Å². The summed E-state index contributed by atoms with van der Waals surface area (Å²) in [5.41, 5.74) is 8.90. The van der Waals surface area contributed by atoms with Gasteiger partial charge in [-0.2, -0.15) is 15.0 Å². The number of nitrogens with zero attached hydrogens (tertiary/aromatic N) is 3. The molecule has 1 heterocycles. The maximum absolute atomic E-state index is 12.0. The maximum atomic E-state index is 12.0. The molecule has 0 bridgehead atoms. The van der Waals surface area contributed by atoms with Gasteiger partial charge in [0.2, 0.25) is 17.8 Å². The number of anilines is 3. The topological polar surface area (TPSA) is 106 Å². The molecule has 7 nitrogen and oxygen atoms in total. The zero-order valence-electron chi connectivity index (χ0n) is 15.6. The molecule has 0 atom stereocenters. The molecule has 1 amide bonds. The SMILES string of the molecule is Cc1ccc(Nc2nc(N)nc(CSCC(=O)NCc3ccccc3)n2)cc1. The molecule has 144 valence electrons. The minimum Gasteiger partial charge on any atom is -0.368 e. The molecule has 0 saturated heterocycles. The number of nitrogens with one attached hydrogen (secondary N) is 2. The maximum Gasteiger partial charge on any atom is 0.232 e. The number of amides is 1. The molecule has 1 aromatic heterocycles. The van der Waals surface area contributed by atoms with Crippen LogP contribution in [0.1, 0.15) is 17.0 Å². The van der Waals surface area contributed by atoms with Gasteiger partial charge in [0.05, 0.1) is 11.5 Å². The third kappa shape index (κ3) is 6.24. The second-order valence-corrected chi connectivity index (χ2v) is 7.17. The number of hydrogen-bond acceptors (Lipinski definition) is 7.